The van der Waals surface area contributed by atoms with Crippen molar-refractivity contribution in [1.82, 2.24) is 4.98 Å². The van der Waals surface area contributed by atoms with E-state index in [1.165, 1.54) is 37.4 Å². The molecule has 0 radical (unpaired) electrons. The minimum absolute atomic E-state index is 0.123. The summed E-state index contributed by atoms with van der Waals surface area (Å²) in [6.07, 6.45) is 1.27. The Kier molecular flexibility index (Phi) is 6.79. The number of halogens is 1. The second kappa shape index (κ2) is 9.79. The van der Waals surface area contributed by atoms with Crippen LogP contribution in [0.2, 0.25) is 0 Å². The van der Waals surface area contributed by atoms with E-state index in [9.17, 15) is 22.4 Å². The van der Waals surface area contributed by atoms with Gasteiger partial charge in [0.15, 0.2) is 15.4 Å². The van der Waals surface area contributed by atoms with E-state index < -0.39 is 21.7 Å². The number of aromatic nitrogens is 1. The van der Waals surface area contributed by atoms with Crippen LogP contribution in [0.15, 0.2) is 76.0 Å². The first-order valence-electron chi connectivity index (χ1n) is 10.7. The molecule has 0 spiro atoms. The van der Waals surface area contributed by atoms with E-state index in [1.807, 2.05) is 0 Å². The summed E-state index contributed by atoms with van der Waals surface area (Å²) in [6.45, 7) is 0. The molecule has 9 heteroatoms. The van der Waals surface area contributed by atoms with Gasteiger partial charge in [0.1, 0.15) is 17.1 Å². The Morgan fingerprint density at radius 2 is 1.71 bits per heavy atom. The molecular weight excluding hydrogens is 473 g/mol. The number of esters is 1. The Bertz CT molecular complexity index is 1490. The molecule has 0 N–H and O–H groups in total. The lowest BCUT2D eigenvalue weighted by molar-refractivity contribution is -0.120. The van der Waals surface area contributed by atoms with Crippen LogP contribution < -0.4 is 0 Å². The second-order valence-corrected chi connectivity index (χ2v) is 10.2. The zero-order chi connectivity index (χ0) is 25.2. The molecule has 180 valence electrons. The van der Waals surface area contributed by atoms with Gasteiger partial charge in [-0.2, -0.15) is 0 Å². The number of hydrogen-bond acceptors (Lipinski definition) is 7. The number of sulfone groups is 1. The molecule has 0 saturated heterocycles. The van der Waals surface area contributed by atoms with Crippen molar-refractivity contribution in [3.05, 3.63) is 95.1 Å². The SMILES string of the molecule is COC(=O)c1ccc2nc(CC(=O)C(Cc3ccc(F)cc3)c3ccc(S(C)(=O)=O)cc3)oc2c1. The number of carbonyl (C=O) groups is 2. The van der Waals surface area contributed by atoms with Gasteiger partial charge in [-0.1, -0.05) is 24.3 Å². The standard InChI is InChI=1S/C26H22FNO6S/c1-33-26(30)18-7-12-22-24(14-18)34-25(28-22)15-23(29)21(13-16-3-8-19(27)9-4-16)17-5-10-20(11-6-17)35(2,31)32/h3-12,14,21H,13,15H2,1-2H3. The highest BCUT2D eigenvalue weighted by atomic mass is 32.2. The number of methoxy groups -OCH3 is 1. The van der Waals surface area contributed by atoms with Crippen molar-refractivity contribution >= 4 is 32.7 Å². The van der Waals surface area contributed by atoms with Crippen LogP contribution in [0.3, 0.4) is 0 Å². The first-order chi connectivity index (χ1) is 16.6. The molecule has 35 heavy (non-hydrogen) atoms. The van der Waals surface area contributed by atoms with Crippen molar-refractivity contribution in [2.45, 2.75) is 23.7 Å². The summed E-state index contributed by atoms with van der Waals surface area (Å²) in [7, 11) is -2.11. The van der Waals surface area contributed by atoms with E-state index in [4.69, 9.17) is 9.15 Å². The number of nitrogens with zero attached hydrogens (tertiary/aromatic N) is 1. The summed E-state index contributed by atoms with van der Waals surface area (Å²) in [4.78, 5) is 29.7. The van der Waals surface area contributed by atoms with E-state index in [2.05, 4.69) is 4.98 Å². The highest BCUT2D eigenvalue weighted by Crippen LogP contribution is 2.26. The number of ether oxygens (including phenoxy) is 1. The number of oxazole rings is 1. The van der Waals surface area contributed by atoms with Crippen LogP contribution in [-0.2, 0) is 32.2 Å². The monoisotopic (exact) mass is 495 g/mol. The van der Waals surface area contributed by atoms with Gasteiger partial charge in [-0.15, -0.1) is 0 Å². The number of hydrogen-bond donors (Lipinski definition) is 0. The summed E-state index contributed by atoms with van der Waals surface area (Å²) >= 11 is 0. The van der Waals surface area contributed by atoms with Crippen LogP contribution in [0.5, 0.6) is 0 Å². The molecule has 1 unspecified atom stereocenters. The summed E-state index contributed by atoms with van der Waals surface area (Å²) in [5.41, 5.74) is 2.51. The Labute approximate surface area is 201 Å². The third-order valence-corrected chi connectivity index (χ3v) is 6.76. The third-order valence-electron chi connectivity index (χ3n) is 5.63. The third kappa shape index (κ3) is 5.63. The smallest absolute Gasteiger partial charge is 0.337 e. The van der Waals surface area contributed by atoms with Gasteiger partial charge in [-0.25, -0.2) is 22.6 Å². The molecule has 7 nitrogen and oxygen atoms in total. The lowest BCUT2D eigenvalue weighted by Crippen LogP contribution is -2.18. The largest absolute Gasteiger partial charge is 0.465 e. The minimum Gasteiger partial charge on any atom is -0.465 e. The highest BCUT2D eigenvalue weighted by molar-refractivity contribution is 7.90. The van der Waals surface area contributed by atoms with Crippen LogP contribution in [0, 0.1) is 5.82 Å². The quantitative estimate of drug-likeness (QED) is 0.336. The number of fused-ring (bicyclic) bond motifs is 1. The average molecular weight is 496 g/mol. The molecule has 0 bridgehead atoms. The first-order valence-corrected chi connectivity index (χ1v) is 12.6. The molecule has 3 aromatic carbocycles. The fraction of sp³-hybridized carbons (Fsp3) is 0.192. The van der Waals surface area contributed by atoms with Gasteiger partial charge in [0, 0.05) is 12.2 Å². The Morgan fingerprint density at radius 1 is 1.03 bits per heavy atom. The molecule has 0 amide bonds. The van der Waals surface area contributed by atoms with Gasteiger partial charge in [-0.05, 0) is 60.0 Å². The van der Waals surface area contributed by atoms with E-state index in [-0.39, 0.29) is 35.2 Å². The maximum absolute atomic E-state index is 13.4. The zero-order valence-corrected chi connectivity index (χ0v) is 19.8. The van der Waals surface area contributed by atoms with E-state index in [1.54, 1.807) is 36.4 Å². The predicted molar refractivity (Wildman–Crippen MR) is 126 cm³/mol. The molecule has 1 aromatic heterocycles. The summed E-state index contributed by atoms with van der Waals surface area (Å²) < 4.78 is 47.5. The molecule has 0 fully saturated rings. The van der Waals surface area contributed by atoms with Crippen LogP contribution in [0.4, 0.5) is 4.39 Å². The second-order valence-electron chi connectivity index (χ2n) is 8.15. The van der Waals surface area contributed by atoms with Crippen molar-refractivity contribution in [1.29, 1.82) is 0 Å². The van der Waals surface area contributed by atoms with E-state index in [0.717, 1.165) is 11.8 Å². The molecule has 0 saturated carbocycles. The van der Waals surface area contributed by atoms with Crippen LogP contribution >= 0.6 is 0 Å². The number of ketones is 1. The van der Waals surface area contributed by atoms with Gasteiger partial charge in [-0.3, -0.25) is 4.79 Å². The van der Waals surface area contributed by atoms with Crippen LogP contribution in [-0.4, -0.2) is 38.5 Å². The first kappa shape index (κ1) is 24.3. The molecule has 4 aromatic rings. The Morgan fingerprint density at radius 3 is 2.34 bits per heavy atom. The molecule has 1 atom stereocenters. The fourth-order valence-electron chi connectivity index (χ4n) is 3.79. The predicted octanol–water partition coefficient (Wildman–Crippen LogP) is 4.30. The number of rotatable bonds is 8. The van der Waals surface area contributed by atoms with Crippen LogP contribution in [0.25, 0.3) is 11.1 Å². The fourth-order valence-corrected chi connectivity index (χ4v) is 4.42. The van der Waals surface area contributed by atoms with Crippen LogP contribution in [0.1, 0.15) is 33.3 Å². The molecule has 0 aliphatic rings. The van der Waals surface area contributed by atoms with Gasteiger partial charge >= 0.3 is 5.97 Å². The van der Waals surface area contributed by atoms with Gasteiger partial charge in [0.2, 0.25) is 5.89 Å². The molecule has 0 aliphatic heterocycles. The zero-order valence-electron chi connectivity index (χ0n) is 19.0. The summed E-state index contributed by atoms with van der Waals surface area (Å²) in [6, 6.07) is 16.7. The number of Topliss-reactive ketones (excluding diaryl/α,β-unsaturated/α-hetero) is 1. The van der Waals surface area contributed by atoms with Gasteiger partial charge in [0.05, 0.1) is 24.0 Å². The maximum atomic E-state index is 13.4. The summed E-state index contributed by atoms with van der Waals surface area (Å²) in [5.74, 6) is -1.57. The molecule has 1 heterocycles. The normalized spacial score (nSPS) is 12.4. The Balaban J connectivity index is 1.63. The Hall–Kier alpha value is -3.85. The van der Waals surface area contributed by atoms with Gasteiger partial charge < -0.3 is 9.15 Å². The lowest BCUT2D eigenvalue weighted by Gasteiger charge is -2.16. The lowest BCUT2D eigenvalue weighted by atomic mass is 9.87. The van der Waals surface area contributed by atoms with E-state index in [0.29, 0.717) is 22.2 Å². The average Bonchev–Trinajstić information content (AvgIpc) is 3.24. The molecular formula is C26H22FNO6S. The number of benzene rings is 3. The van der Waals surface area contributed by atoms with E-state index >= 15 is 0 Å². The van der Waals surface area contributed by atoms with Crippen molar-refractivity contribution in [3.8, 4) is 0 Å². The van der Waals surface area contributed by atoms with Crippen molar-refractivity contribution in [2.75, 3.05) is 13.4 Å². The topological polar surface area (TPSA) is 104 Å². The maximum Gasteiger partial charge on any atom is 0.337 e. The van der Waals surface area contributed by atoms with Crippen molar-refractivity contribution < 1.29 is 31.6 Å². The van der Waals surface area contributed by atoms with Gasteiger partial charge in [0.25, 0.3) is 0 Å². The highest BCUT2D eigenvalue weighted by Gasteiger charge is 2.24. The van der Waals surface area contributed by atoms with Crippen molar-refractivity contribution in [2.24, 2.45) is 0 Å². The molecule has 4 rings (SSSR count). The van der Waals surface area contributed by atoms with Crippen molar-refractivity contribution in [3.63, 3.8) is 0 Å². The molecule has 0 aliphatic carbocycles. The number of carbonyl (C=O) groups excluding carboxylic acids is 2. The minimum atomic E-state index is -3.39. The summed E-state index contributed by atoms with van der Waals surface area (Å²) in [5, 5.41) is 0.